The van der Waals surface area contributed by atoms with Crippen LogP contribution in [0.4, 0.5) is 15.8 Å². The lowest BCUT2D eigenvalue weighted by atomic mass is 10.1. The second kappa shape index (κ2) is 10.2. The summed E-state index contributed by atoms with van der Waals surface area (Å²) in [6.07, 6.45) is -0.0394. The molecule has 174 valence electrons. The van der Waals surface area contributed by atoms with Gasteiger partial charge in [0, 0.05) is 25.1 Å². The molecule has 1 fully saturated rings. The van der Waals surface area contributed by atoms with Gasteiger partial charge >= 0.3 is 0 Å². The molecule has 0 spiro atoms. The lowest BCUT2D eigenvalue weighted by Gasteiger charge is -2.18. The predicted octanol–water partition coefficient (Wildman–Crippen LogP) is 3.76. The van der Waals surface area contributed by atoms with E-state index >= 15 is 0 Å². The van der Waals surface area contributed by atoms with Gasteiger partial charge in [0.15, 0.2) is 0 Å². The Bertz CT molecular complexity index is 1230. The summed E-state index contributed by atoms with van der Waals surface area (Å²) in [5.41, 5.74) is 1.60. The van der Waals surface area contributed by atoms with Gasteiger partial charge in [0.05, 0.1) is 30.0 Å². The number of methoxy groups -OCH3 is 1. The third-order valence-electron chi connectivity index (χ3n) is 5.70. The van der Waals surface area contributed by atoms with E-state index in [1.54, 1.807) is 43.5 Å². The molecule has 0 bridgehead atoms. The summed E-state index contributed by atoms with van der Waals surface area (Å²) in [4.78, 5) is 39.5. The number of halogens is 1. The molecule has 1 saturated heterocycles. The lowest BCUT2D eigenvalue weighted by molar-refractivity contribution is -0.122. The second-order valence-corrected chi connectivity index (χ2v) is 7.89. The van der Waals surface area contributed by atoms with Crippen LogP contribution in [0, 0.1) is 11.7 Å². The molecule has 1 heterocycles. The summed E-state index contributed by atoms with van der Waals surface area (Å²) in [6, 6.07) is 20.0. The molecule has 0 aromatic heterocycles. The van der Waals surface area contributed by atoms with Crippen molar-refractivity contribution in [1.82, 2.24) is 5.32 Å². The number of ether oxygens (including phenoxy) is 1. The summed E-state index contributed by atoms with van der Waals surface area (Å²) in [5.74, 6) is -1.62. The molecule has 4 rings (SSSR count). The van der Waals surface area contributed by atoms with E-state index in [0.717, 1.165) is 5.56 Å². The highest BCUT2D eigenvalue weighted by molar-refractivity contribution is 6.07. The van der Waals surface area contributed by atoms with Crippen LogP contribution in [0.25, 0.3) is 0 Å². The molecule has 8 heteroatoms. The van der Waals surface area contributed by atoms with Gasteiger partial charge in [0.25, 0.3) is 5.91 Å². The van der Waals surface area contributed by atoms with Crippen LogP contribution in [-0.4, -0.2) is 31.4 Å². The zero-order valence-corrected chi connectivity index (χ0v) is 18.6. The first kappa shape index (κ1) is 23.0. The summed E-state index contributed by atoms with van der Waals surface area (Å²) in [7, 11) is 1.56. The van der Waals surface area contributed by atoms with Crippen LogP contribution < -0.4 is 20.3 Å². The number of rotatable bonds is 7. The van der Waals surface area contributed by atoms with Gasteiger partial charge in [-0.25, -0.2) is 4.39 Å². The van der Waals surface area contributed by atoms with Crippen molar-refractivity contribution in [3.63, 3.8) is 0 Å². The summed E-state index contributed by atoms with van der Waals surface area (Å²) in [6.45, 7) is 0.313. The van der Waals surface area contributed by atoms with Crippen molar-refractivity contribution in [2.75, 3.05) is 23.9 Å². The second-order valence-electron chi connectivity index (χ2n) is 7.89. The molecular formula is C26H24FN3O4. The molecule has 0 saturated carbocycles. The van der Waals surface area contributed by atoms with E-state index in [0.29, 0.717) is 17.0 Å². The van der Waals surface area contributed by atoms with Gasteiger partial charge in [-0.05, 0) is 30.3 Å². The Hall–Kier alpha value is -4.20. The van der Waals surface area contributed by atoms with Gasteiger partial charge in [-0.1, -0.05) is 42.5 Å². The molecule has 3 aromatic rings. The number of carbonyl (C=O) groups excluding carboxylic acids is 3. The number of hydrogen-bond donors (Lipinski definition) is 2. The maximum Gasteiger partial charge on any atom is 0.253 e. The third-order valence-corrected chi connectivity index (χ3v) is 5.70. The molecule has 34 heavy (non-hydrogen) atoms. The summed E-state index contributed by atoms with van der Waals surface area (Å²) >= 11 is 0. The van der Waals surface area contributed by atoms with Crippen LogP contribution in [-0.2, 0) is 16.1 Å². The molecule has 1 atom stereocenters. The number of nitrogens with one attached hydrogen (secondary N) is 2. The van der Waals surface area contributed by atoms with Gasteiger partial charge in [-0.15, -0.1) is 0 Å². The monoisotopic (exact) mass is 461 g/mol. The smallest absolute Gasteiger partial charge is 0.253 e. The number of benzene rings is 3. The summed E-state index contributed by atoms with van der Waals surface area (Å²) in [5, 5.41) is 5.60. The highest BCUT2D eigenvalue weighted by atomic mass is 19.1. The Balaban J connectivity index is 1.44. The van der Waals surface area contributed by atoms with E-state index in [2.05, 4.69) is 10.6 Å². The molecule has 0 unspecified atom stereocenters. The van der Waals surface area contributed by atoms with Crippen molar-refractivity contribution in [1.29, 1.82) is 0 Å². The molecule has 3 amide bonds. The minimum absolute atomic E-state index is 0.0394. The number of carbonyl (C=O) groups is 3. The molecule has 1 aliphatic heterocycles. The molecule has 3 aromatic carbocycles. The summed E-state index contributed by atoms with van der Waals surface area (Å²) < 4.78 is 19.4. The van der Waals surface area contributed by atoms with Crippen LogP contribution in [0.5, 0.6) is 5.75 Å². The van der Waals surface area contributed by atoms with Crippen molar-refractivity contribution >= 4 is 29.1 Å². The van der Waals surface area contributed by atoms with Crippen LogP contribution >= 0.6 is 0 Å². The average Bonchev–Trinajstić information content (AvgIpc) is 3.24. The zero-order valence-electron chi connectivity index (χ0n) is 18.6. The van der Waals surface area contributed by atoms with Gasteiger partial charge in [0.1, 0.15) is 11.6 Å². The molecule has 0 radical (unpaired) electrons. The van der Waals surface area contributed by atoms with E-state index < -0.39 is 17.6 Å². The van der Waals surface area contributed by atoms with Crippen molar-refractivity contribution in [2.24, 2.45) is 5.92 Å². The maximum absolute atomic E-state index is 14.1. The number of amides is 3. The predicted molar refractivity (Wildman–Crippen MR) is 126 cm³/mol. The minimum atomic E-state index is -0.670. The highest BCUT2D eigenvalue weighted by Crippen LogP contribution is 2.28. The third kappa shape index (κ3) is 4.91. The highest BCUT2D eigenvalue weighted by Gasteiger charge is 2.36. The first-order valence-electron chi connectivity index (χ1n) is 10.8. The normalized spacial score (nSPS) is 15.2. The number of hydrogen-bond acceptors (Lipinski definition) is 4. The standard InChI is InChI=1S/C26H24FN3O4/c1-34-23-13-7-2-8-17(23)15-28-26(33)19-9-3-5-11-21(19)29-25(32)18-14-24(31)30(16-18)22-12-6-4-10-20(22)27/h2-13,18H,14-16H2,1H3,(H,28,33)(H,29,32)/t18-/m1/s1. The number of nitrogens with zero attached hydrogens (tertiary/aromatic N) is 1. The van der Waals surface area contributed by atoms with Crippen molar-refractivity contribution in [2.45, 2.75) is 13.0 Å². The lowest BCUT2D eigenvalue weighted by Crippen LogP contribution is -2.30. The molecule has 2 N–H and O–H groups in total. The van der Waals surface area contributed by atoms with E-state index in [1.165, 1.54) is 17.0 Å². The molecule has 1 aliphatic rings. The van der Waals surface area contributed by atoms with Crippen molar-refractivity contribution < 1.29 is 23.5 Å². The Morgan fingerprint density at radius 2 is 1.74 bits per heavy atom. The molecule has 0 aliphatic carbocycles. The first-order chi connectivity index (χ1) is 16.5. The van der Waals surface area contributed by atoms with Crippen LogP contribution in [0.3, 0.4) is 0 Å². The van der Waals surface area contributed by atoms with Crippen LogP contribution in [0.1, 0.15) is 22.3 Å². The van der Waals surface area contributed by atoms with E-state index in [4.69, 9.17) is 4.74 Å². The van der Waals surface area contributed by atoms with Crippen LogP contribution in [0.15, 0.2) is 72.8 Å². The fourth-order valence-corrected chi connectivity index (χ4v) is 3.93. The molecular weight excluding hydrogens is 437 g/mol. The van der Waals surface area contributed by atoms with Gasteiger partial charge in [-0.3, -0.25) is 14.4 Å². The zero-order chi connectivity index (χ0) is 24.1. The van der Waals surface area contributed by atoms with Crippen molar-refractivity contribution in [3.8, 4) is 5.75 Å². The average molecular weight is 461 g/mol. The topological polar surface area (TPSA) is 87.7 Å². The Morgan fingerprint density at radius 3 is 2.53 bits per heavy atom. The Morgan fingerprint density at radius 1 is 1.03 bits per heavy atom. The fourth-order valence-electron chi connectivity index (χ4n) is 3.93. The maximum atomic E-state index is 14.1. The number of para-hydroxylation sites is 3. The first-order valence-corrected chi connectivity index (χ1v) is 10.8. The Kier molecular flexibility index (Phi) is 6.87. The van der Waals surface area contributed by atoms with E-state index in [9.17, 15) is 18.8 Å². The number of anilines is 2. The van der Waals surface area contributed by atoms with E-state index in [-0.39, 0.29) is 37.0 Å². The van der Waals surface area contributed by atoms with Gasteiger partial charge < -0.3 is 20.3 Å². The molecule has 7 nitrogen and oxygen atoms in total. The fraction of sp³-hybridized carbons (Fsp3) is 0.192. The SMILES string of the molecule is COc1ccccc1CNC(=O)c1ccccc1NC(=O)[C@@H]1CC(=O)N(c2ccccc2F)C1. The van der Waals surface area contributed by atoms with Gasteiger partial charge in [0.2, 0.25) is 11.8 Å². The van der Waals surface area contributed by atoms with Crippen LogP contribution in [0.2, 0.25) is 0 Å². The van der Waals surface area contributed by atoms with E-state index in [1.807, 2.05) is 24.3 Å². The quantitative estimate of drug-likeness (QED) is 0.561. The van der Waals surface area contributed by atoms with Gasteiger partial charge in [-0.2, -0.15) is 0 Å². The Labute approximate surface area is 196 Å². The minimum Gasteiger partial charge on any atom is -0.496 e. The van der Waals surface area contributed by atoms with Crippen molar-refractivity contribution in [3.05, 3.63) is 89.7 Å². The largest absolute Gasteiger partial charge is 0.496 e.